The van der Waals surface area contributed by atoms with Gasteiger partial charge in [0.1, 0.15) is 5.75 Å². The molecule has 0 unspecified atom stereocenters. The SMILES string of the molecule is C=C(C)/C=C(/C)c1cc(OC)ccc1CC.CC. The van der Waals surface area contributed by atoms with Gasteiger partial charge in [0.05, 0.1) is 7.11 Å². The second kappa shape index (κ2) is 8.57. The number of aryl methyl sites for hydroxylation is 1. The van der Waals surface area contributed by atoms with Gasteiger partial charge in [-0.3, -0.25) is 0 Å². The van der Waals surface area contributed by atoms with Crippen LogP contribution in [0.15, 0.2) is 36.4 Å². The fourth-order valence-corrected chi connectivity index (χ4v) is 1.81. The Morgan fingerprint density at radius 3 is 2.33 bits per heavy atom. The maximum Gasteiger partial charge on any atom is 0.119 e. The summed E-state index contributed by atoms with van der Waals surface area (Å²) in [5, 5.41) is 0. The van der Waals surface area contributed by atoms with Crippen LogP contribution in [0.5, 0.6) is 5.75 Å². The highest BCUT2D eigenvalue weighted by atomic mass is 16.5. The van der Waals surface area contributed by atoms with Gasteiger partial charge in [-0.2, -0.15) is 0 Å². The number of allylic oxidation sites excluding steroid dienone is 3. The van der Waals surface area contributed by atoms with Crippen molar-refractivity contribution in [2.45, 2.75) is 41.0 Å². The first-order chi connectivity index (χ1) is 8.58. The van der Waals surface area contributed by atoms with E-state index in [1.54, 1.807) is 7.11 Å². The monoisotopic (exact) mass is 246 g/mol. The molecule has 0 bridgehead atoms. The molecular weight excluding hydrogens is 220 g/mol. The average Bonchev–Trinajstić information content (AvgIpc) is 2.39. The zero-order valence-corrected chi connectivity index (χ0v) is 12.6. The van der Waals surface area contributed by atoms with E-state index >= 15 is 0 Å². The fourth-order valence-electron chi connectivity index (χ4n) is 1.81. The molecule has 0 amide bonds. The van der Waals surface area contributed by atoms with Gasteiger partial charge in [-0.1, -0.05) is 45.1 Å². The van der Waals surface area contributed by atoms with Gasteiger partial charge in [-0.15, -0.1) is 0 Å². The Balaban J connectivity index is 0.00000137. The lowest BCUT2D eigenvalue weighted by Crippen LogP contribution is -1.92. The highest BCUT2D eigenvalue weighted by molar-refractivity contribution is 5.70. The van der Waals surface area contributed by atoms with Crippen molar-refractivity contribution in [2.24, 2.45) is 0 Å². The molecule has 0 aromatic heterocycles. The van der Waals surface area contributed by atoms with E-state index < -0.39 is 0 Å². The van der Waals surface area contributed by atoms with Crippen LogP contribution in [0, 0.1) is 0 Å². The van der Waals surface area contributed by atoms with Gasteiger partial charge in [-0.25, -0.2) is 0 Å². The number of hydrogen-bond donors (Lipinski definition) is 0. The molecule has 0 spiro atoms. The van der Waals surface area contributed by atoms with Crippen molar-refractivity contribution in [3.05, 3.63) is 47.6 Å². The summed E-state index contributed by atoms with van der Waals surface area (Å²) in [5.74, 6) is 0.904. The first kappa shape index (κ1) is 16.5. The average molecular weight is 246 g/mol. The summed E-state index contributed by atoms with van der Waals surface area (Å²) < 4.78 is 5.26. The lowest BCUT2D eigenvalue weighted by Gasteiger charge is -2.10. The summed E-state index contributed by atoms with van der Waals surface area (Å²) in [6, 6.07) is 6.23. The van der Waals surface area contributed by atoms with E-state index in [4.69, 9.17) is 4.74 Å². The summed E-state index contributed by atoms with van der Waals surface area (Å²) in [6.07, 6.45) is 3.13. The van der Waals surface area contributed by atoms with Crippen LogP contribution in [0.1, 0.15) is 45.7 Å². The first-order valence-corrected chi connectivity index (χ1v) is 6.59. The molecule has 1 aromatic carbocycles. The zero-order valence-electron chi connectivity index (χ0n) is 12.6. The number of ether oxygens (including phenoxy) is 1. The fraction of sp³-hybridized carbons (Fsp3) is 0.412. The molecule has 1 aromatic rings. The van der Waals surface area contributed by atoms with E-state index in [0.29, 0.717) is 0 Å². The van der Waals surface area contributed by atoms with Crippen molar-refractivity contribution >= 4 is 5.57 Å². The third-order valence-corrected chi connectivity index (χ3v) is 2.59. The van der Waals surface area contributed by atoms with Crippen molar-refractivity contribution in [3.63, 3.8) is 0 Å². The van der Waals surface area contributed by atoms with Crippen LogP contribution in [-0.2, 0) is 6.42 Å². The van der Waals surface area contributed by atoms with Crippen molar-refractivity contribution < 1.29 is 4.74 Å². The summed E-state index contributed by atoms with van der Waals surface area (Å²) in [6.45, 7) is 14.2. The van der Waals surface area contributed by atoms with Crippen LogP contribution in [0.25, 0.3) is 5.57 Å². The molecule has 1 rings (SSSR count). The Hall–Kier alpha value is -1.50. The highest BCUT2D eigenvalue weighted by Gasteiger charge is 2.04. The van der Waals surface area contributed by atoms with E-state index in [9.17, 15) is 0 Å². The molecule has 0 fully saturated rings. The minimum atomic E-state index is 0.904. The number of rotatable bonds is 4. The minimum Gasteiger partial charge on any atom is -0.497 e. The van der Waals surface area contributed by atoms with Crippen molar-refractivity contribution in [1.29, 1.82) is 0 Å². The van der Waals surface area contributed by atoms with Gasteiger partial charge in [0, 0.05) is 0 Å². The number of benzene rings is 1. The molecule has 0 N–H and O–H groups in total. The van der Waals surface area contributed by atoms with Crippen LogP contribution in [0.4, 0.5) is 0 Å². The van der Waals surface area contributed by atoms with Gasteiger partial charge in [0.2, 0.25) is 0 Å². The summed E-state index contributed by atoms with van der Waals surface area (Å²) in [7, 11) is 1.70. The van der Waals surface area contributed by atoms with Crippen molar-refractivity contribution in [1.82, 2.24) is 0 Å². The molecule has 0 atom stereocenters. The molecule has 18 heavy (non-hydrogen) atoms. The summed E-state index contributed by atoms with van der Waals surface area (Å²) >= 11 is 0. The molecule has 0 saturated heterocycles. The Kier molecular flexibility index (Phi) is 7.86. The van der Waals surface area contributed by atoms with Gasteiger partial charge < -0.3 is 4.74 Å². The van der Waals surface area contributed by atoms with Crippen LogP contribution >= 0.6 is 0 Å². The van der Waals surface area contributed by atoms with E-state index in [2.05, 4.69) is 38.6 Å². The smallest absolute Gasteiger partial charge is 0.119 e. The molecule has 1 nitrogen and oxygen atoms in total. The van der Waals surface area contributed by atoms with E-state index in [1.165, 1.54) is 16.7 Å². The van der Waals surface area contributed by atoms with Crippen LogP contribution in [-0.4, -0.2) is 7.11 Å². The van der Waals surface area contributed by atoms with Crippen molar-refractivity contribution in [2.75, 3.05) is 7.11 Å². The molecule has 0 radical (unpaired) electrons. The molecule has 0 aliphatic carbocycles. The predicted octanol–water partition coefficient (Wildman–Crippen LogP) is 5.26. The van der Waals surface area contributed by atoms with Gasteiger partial charge in [0.25, 0.3) is 0 Å². The molecule has 0 aliphatic rings. The van der Waals surface area contributed by atoms with Gasteiger partial charge >= 0.3 is 0 Å². The lowest BCUT2D eigenvalue weighted by molar-refractivity contribution is 0.414. The standard InChI is InChI=1S/C15H20O.C2H6/c1-6-13-7-8-14(16-5)10-15(13)12(4)9-11(2)3;1-2/h7-10H,2,6H2,1,3-5H3;1-2H3/b12-9-;. The third kappa shape index (κ3) is 4.79. The Bertz CT molecular complexity index is 414. The quantitative estimate of drug-likeness (QED) is 0.658. The first-order valence-electron chi connectivity index (χ1n) is 6.59. The van der Waals surface area contributed by atoms with E-state index in [1.807, 2.05) is 26.8 Å². The topological polar surface area (TPSA) is 9.23 Å². The third-order valence-electron chi connectivity index (χ3n) is 2.59. The Labute approximate surface area is 112 Å². The maximum absolute atomic E-state index is 5.26. The van der Waals surface area contributed by atoms with Crippen LogP contribution in [0.3, 0.4) is 0 Å². The predicted molar refractivity (Wildman–Crippen MR) is 82.2 cm³/mol. The number of hydrogen-bond acceptors (Lipinski definition) is 1. The normalized spacial score (nSPS) is 10.4. The second-order valence-corrected chi connectivity index (χ2v) is 4.05. The Morgan fingerprint density at radius 1 is 1.28 bits per heavy atom. The summed E-state index contributed by atoms with van der Waals surface area (Å²) in [4.78, 5) is 0. The van der Waals surface area contributed by atoms with Gasteiger partial charge in [-0.05, 0) is 49.1 Å². The van der Waals surface area contributed by atoms with Crippen LogP contribution in [0.2, 0.25) is 0 Å². The van der Waals surface area contributed by atoms with E-state index in [-0.39, 0.29) is 0 Å². The molecule has 0 heterocycles. The maximum atomic E-state index is 5.26. The van der Waals surface area contributed by atoms with Crippen LogP contribution < -0.4 is 4.74 Å². The molecule has 100 valence electrons. The minimum absolute atomic E-state index is 0.904. The molecule has 0 aliphatic heterocycles. The summed E-state index contributed by atoms with van der Waals surface area (Å²) in [5.41, 5.74) is 4.91. The zero-order chi connectivity index (χ0) is 14.1. The van der Waals surface area contributed by atoms with E-state index in [0.717, 1.165) is 17.7 Å². The lowest BCUT2D eigenvalue weighted by atomic mass is 9.97. The molecule has 0 saturated carbocycles. The molecule has 1 heteroatoms. The second-order valence-electron chi connectivity index (χ2n) is 4.05. The highest BCUT2D eigenvalue weighted by Crippen LogP contribution is 2.25. The number of methoxy groups -OCH3 is 1. The Morgan fingerprint density at radius 2 is 1.89 bits per heavy atom. The van der Waals surface area contributed by atoms with Crippen molar-refractivity contribution in [3.8, 4) is 5.75 Å². The largest absolute Gasteiger partial charge is 0.497 e. The molecular formula is C17H26O. The van der Waals surface area contributed by atoms with Gasteiger partial charge in [0.15, 0.2) is 0 Å².